The van der Waals surface area contributed by atoms with Crippen molar-refractivity contribution >= 4 is 11.4 Å². The Morgan fingerprint density at radius 2 is 1.41 bits per heavy atom. The van der Waals surface area contributed by atoms with Crippen LogP contribution in [0.15, 0.2) is 66.7 Å². The predicted molar refractivity (Wildman–Crippen MR) is 116 cm³/mol. The summed E-state index contributed by atoms with van der Waals surface area (Å²) in [5, 5.41) is 20.6. The number of halogens is 2. The lowest BCUT2D eigenvalue weighted by molar-refractivity contribution is -0.384. The van der Waals surface area contributed by atoms with Crippen LogP contribution in [-0.2, 0) is 0 Å². The second-order valence-electron chi connectivity index (χ2n) is 7.60. The molecule has 0 atom stereocenters. The van der Waals surface area contributed by atoms with Gasteiger partial charge in [0, 0.05) is 32.2 Å². The van der Waals surface area contributed by atoms with E-state index in [2.05, 4.69) is 4.90 Å². The van der Waals surface area contributed by atoms with Gasteiger partial charge in [-0.05, 0) is 47.5 Å². The lowest BCUT2D eigenvalue weighted by Crippen LogP contribution is -2.48. The van der Waals surface area contributed by atoms with Crippen molar-refractivity contribution in [1.82, 2.24) is 4.90 Å². The van der Waals surface area contributed by atoms with Crippen LogP contribution >= 0.6 is 0 Å². The minimum absolute atomic E-state index is 0.0916. The van der Waals surface area contributed by atoms with E-state index in [1.54, 1.807) is 36.4 Å². The van der Waals surface area contributed by atoms with Gasteiger partial charge in [-0.25, -0.2) is 8.78 Å². The molecule has 0 spiro atoms. The number of nitrogens with zero attached hydrogens (tertiary/aromatic N) is 4. The molecule has 0 N–H and O–H groups in total. The van der Waals surface area contributed by atoms with Crippen LogP contribution in [-0.4, -0.2) is 36.0 Å². The molecule has 1 fully saturated rings. The molecule has 0 aromatic heterocycles. The van der Waals surface area contributed by atoms with Crippen molar-refractivity contribution in [3.8, 4) is 6.07 Å². The Kier molecular flexibility index (Phi) is 6.10. The Morgan fingerprint density at radius 1 is 0.875 bits per heavy atom. The van der Waals surface area contributed by atoms with Crippen molar-refractivity contribution < 1.29 is 13.7 Å². The van der Waals surface area contributed by atoms with E-state index in [9.17, 15) is 18.9 Å². The summed E-state index contributed by atoms with van der Waals surface area (Å²) in [6.45, 7) is 2.25. The zero-order chi connectivity index (χ0) is 22.7. The Balaban J connectivity index is 1.59. The highest BCUT2D eigenvalue weighted by Gasteiger charge is 2.29. The molecule has 0 aliphatic carbocycles. The average Bonchev–Trinajstić information content (AvgIpc) is 2.82. The van der Waals surface area contributed by atoms with Crippen molar-refractivity contribution in [3.63, 3.8) is 0 Å². The van der Waals surface area contributed by atoms with E-state index in [1.165, 1.54) is 30.3 Å². The topological polar surface area (TPSA) is 73.4 Å². The summed E-state index contributed by atoms with van der Waals surface area (Å²) in [7, 11) is 0. The van der Waals surface area contributed by atoms with Crippen LogP contribution in [0, 0.1) is 33.1 Å². The number of benzene rings is 3. The number of hydrogen-bond acceptors (Lipinski definition) is 5. The molecule has 162 valence electrons. The molecule has 0 amide bonds. The lowest BCUT2D eigenvalue weighted by atomic mass is 9.96. The molecule has 3 aromatic rings. The maximum atomic E-state index is 13.5. The second-order valence-corrected chi connectivity index (χ2v) is 7.60. The van der Waals surface area contributed by atoms with Crippen LogP contribution in [0.2, 0.25) is 0 Å². The van der Waals surface area contributed by atoms with Gasteiger partial charge >= 0.3 is 0 Å². The maximum absolute atomic E-state index is 13.5. The van der Waals surface area contributed by atoms with Gasteiger partial charge in [0.1, 0.15) is 17.3 Å². The molecule has 32 heavy (non-hydrogen) atoms. The highest BCUT2D eigenvalue weighted by atomic mass is 19.1. The van der Waals surface area contributed by atoms with E-state index in [1.807, 2.05) is 11.0 Å². The van der Waals surface area contributed by atoms with Gasteiger partial charge in [0.25, 0.3) is 5.69 Å². The first-order valence-electron chi connectivity index (χ1n) is 10.1. The highest BCUT2D eigenvalue weighted by Crippen LogP contribution is 2.33. The summed E-state index contributed by atoms with van der Waals surface area (Å²) in [6, 6.07) is 18.7. The minimum atomic E-state index is -0.470. The quantitative estimate of drug-likeness (QED) is 0.432. The van der Waals surface area contributed by atoms with Crippen LogP contribution in [0.3, 0.4) is 0 Å². The molecule has 1 heterocycles. The Labute approximate surface area is 184 Å². The van der Waals surface area contributed by atoms with Gasteiger partial charge in [0.05, 0.1) is 22.6 Å². The molecule has 0 bridgehead atoms. The fourth-order valence-electron chi connectivity index (χ4n) is 4.13. The van der Waals surface area contributed by atoms with E-state index >= 15 is 0 Å². The van der Waals surface area contributed by atoms with Crippen LogP contribution in [0.25, 0.3) is 0 Å². The zero-order valence-corrected chi connectivity index (χ0v) is 17.1. The zero-order valence-electron chi connectivity index (χ0n) is 17.1. The van der Waals surface area contributed by atoms with Gasteiger partial charge in [-0.2, -0.15) is 5.26 Å². The maximum Gasteiger partial charge on any atom is 0.293 e. The first-order chi connectivity index (χ1) is 15.5. The molecule has 3 aromatic carbocycles. The Hall–Kier alpha value is -3.83. The lowest BCUT2D eigenvalue weighted by Gasteiger charge is -2.40. The third-order valence-corrected chi connectivity index (χ3v) is 5.69. The van der Waals surface area contributed by atoms with Crippen molar-refractivity contribution in [2.45, 2.75) is 6.04 Å². The molecule has 0 unspecified atom stereocenters. The van der Waals surface area contributed by atoms with E-state index in [4.69, 9.17) is 5.26 Å². The van der Waals surface area contributed by atoms with Crippen LogP contribution in [0.5, 0.6) is 0 Å². The van der Waals surface area contributed by atoms with Gasteiger partial charge < -0.3 is 4.90 Å². The first-order valence-corrected chi connectivity index (χ1v) is 10.1. The molecular formula is C24H20F2N4O2. The van der Waals surface area contributed by atoms with Crippen LogP contribution in [0.1, 0.15) is 22.7 Å². The van der Waals surface area contributed by atoms with E-state index < -0.39 is 4.92 Å². The normalized spacial score (nSPS) is 14.4. The predicted octanol–water partition coefficient (Wildman–Crippen LogP) is 4.66. The monoisotopic (exact) mass is 434 g/mol. The van der Waals surface area contributed by atoms with E-state index in [-0.39, 0.29) is 28.9 Å². The Morgan fingerprint density at radius 3 is 1.88 bits per heavy atom. The molecule has 1 saturated heterocycles. The molecule has 0 radical (unpaired) electrons. The number of nitro groups is 1. The van der Waals surface area contributed by atoms with Gasteiger partial charge in [-0.3, -0.25) is 15.0 Å². The van der Waals surface area contributed by atoms with Crippen molar-refractivity contribution in [2.24, 2.45) is 0 Å². The smallest absolute Gasteiger partial charge is 0.293 e. The largest absolute Gasteiger partial charge is 0.363 e. The van der Waals surface area contributed by atoms with Crippen LogP contribution in [0.4, 0.5) is 20.2 Å². The molecule has 8 heteroatoms. The summed E-state index contributed by atoms with van der Waals surface area (Å²) in [4.78, 5) is 15.2. The van der Waals surface area contributed by atoms with Gasteiger partial charge in [0.15, 0.2) is 0 Å². The van der Waals surface area contributed by atoms with Gasteiger partial charge in [-0.15, -0.1) is 0 Å². The SMILES string of the molecule is N#Cc1ccc(N2CCN(C(c3ccc(F)cc3)c3ccc(F)cc3)CC2)c([N+](=O)[O-])c1. The molecule has 1 aliphatic rings. The minimum Gasteiger partial charge on any atom is -0.363 e. The van der Waals surface area contributed by atoms with Crippen molar-refractivity contribution in [2.75, 3.05) is 31.1 Å². The molecule has 0 saturated carbocycles. The number of rotatable bonds is 5. The summed E-state index contributed by atoms with van der Waals surface area (Å²) >= 11 is 0. The highest BCUT2D eigenvalue weighted by molar-refractivity contribution is 5.66. The van der Waals surface area contributed by atoms with Crippen molar-refractivity contribution in [1.29, 1.82) is 5.26 Å². The van der Waals surface area contributed by atoms with E-state index in [0.29, 0.717) is 31.9 Å². The third-order valence-electron chi connectivity index (χ3n) is 5.69. The summed E-state index contributed by atoms with van der Waals surface area (Å²) < 4.78 is 27.0. The second kappa shape index (κ2) is 9.12. The average molecular weight is 434 g/mol. The summed E-state index contributed by atoms with van der Waals surface area (Å²) in [5.41, 5.74) is 2.40. The summed E-state index contributed by atoms with van der Waals surface area (Å²) in [5.74, 6) is -0.658. The Bertz CT molecular complexity index is 1110. The van der Waals surface area contributed by atoms with Gasteiger partial charge in [0.2, 0.25) is 0 Å². The van der Waals surface area contributed by atoms with Crippen molar-refractivity contribution in [3.05, 3.63) is 105 Å². The fourth-order valence-corrected chi connectivity index (χ4v) is 4.13. The van der Waals surface area contributed by atoms with Crippen LogP contribution < -0.4 is 4.90 Å². The molecule has 4 rings (SSSR count). The van der Waals surface area contributed by atoms with Gasteiger partial charge in [-0.1, -0.05) is 24.3 Å². The molecule has 6 nitrogen and oxygen atoms in total. The third kappa shape index (κ3) is 4.43. The van der Waals surface area contributed by atoms with E-state index in [0.717, 1.165) is 11.1 Å². The molecular weight excluding hydrogens is 414 g/mol. The number of piperazine rings is 1. The first kappa shape index (κ1) is 21.4. The number of hydrogen-bond donors (Lipinski definition) is 0. The number of nitro benzene ring substituents is 1. The number of nitriles is 1. The standard InChI is InChI=1S/C24H20F2N4O2/c25-20-6-2-18(3-7-20)24(19-4-8-21(26)9-5-19)29-13-11-28(12-14-29)22-10-1-17(16-27)15-23(22)30(31)32/h1-10,15,24H,11-14H2. The fraction of sp³-hybridized carbons (Fsp3) is 0.208. The summed E-state index contributed by atoms with van der Waals surface area (Å²) in [6.07, 6.45) is 0. The molecule has 1 aliphatic heterocycles. The number of anilines is 1.